The number of ether oxygens (including phenoxy) is 3. The van der Waals surface area contributed by atoms with Crippen LogP contribution in [0.5, 0.6) is 5.75 Å². The van der Waals surface area contributed by atoms with Crippen LogP contribution in [-0.2, 0) is 83.0 Å². The quantitative estimate of drug-likeness (QED) is 0.0181. The van der Waals surface area contributed by atoms with E-state index in [9.17, 15) is 63.0 Å². The summed E-state index contributed by atoms with van der Waals surface area (Å²) in [6.07, 6.45) is 4.38. The molecule has 548 valence electrons. The van der Waals surface area contributed by atoms with Crippen molar-refractivity contribution in [1.29, 1.82) is 0 Å². The lowest BCUT2D eigenvalue weighted by Crippen LogP contribution is -2.60. The van der Waals surface area contributed by atoms with Gasteiger partial charge < -0.3 is 81.8 Å². The number of hydrogen-bond donors (Lipinski definition) is 12. The molecule has 0 saturated carbocycles. The number of carbonyl (C=O) groups is 11. The third-order valence-electron chi connectivity index (χ3n) is 16.7. The number of methoxy groups -OCH3 is 1. The molecule has 30 nitrogen and oxygen atoms in total. The van der Waals surface area contributed by atoms with Crippen molar-refractivity contribution in [2.45, 2.75) is 224 Å². The van der Waals surface area contributed by atoms with Crippen LogP contribution in [0.3, 0.4) is 0 Å². The standard InChI is InChI=1S/C70H102N14O16/c1-41(2)31-49(56(86)36-57(87)82-58(42(3)4)64(93)80-51(33-44-24-26-47(85)27-25-44)59(88)76-48(66(95)98-11)21-15-16-28-73-67(96)99-69(5,6)7)77-61(90)52(34-45-37-71-39-74-45)78-60(89)50(32-43-19-13-12-14-20-43)79-62(91)54-22-17-29-83(54)65(94)53(35-46-38-72-40-75-46)81-63(92)55-23-18-30-84(55)68(97)100-70(8,9)10/h12-14,19-20,24-27,37-42,48-56,58,85-86H,15-18,21-23,28-36H2,1-11H3,(H,71,74)(H,72,75)(H,73,96)(H,76,88)(H,77,90)(H,78,89)(H,79,91)(H,80,93)(H,81,92)(H,82,87)/t48-,49-,50-,51-,52-,53-,54-,55-,56-,58-/m0/s1. The number of aromatic nitrogens is 4. The zero-order chi connectivity index (χ0) is 73.4. The fourth-order valence-corrected chi connectivity index (χ4v) is 11.8. The van der Waals surface area contributed by atoms with Gasteiger partial charge in [0.2, 0.25) is 47.3 Å². The average molecular weight is 1400 g/mol. The molecular weight excluding hydrogens is 1290 g/mol. The molecule has 30 heteroatoms. The first-order valence-corrected chi connectivity index (χ1v) is 34.2. The van der Waals surface area contributed by atoms with Crippen LogP contribution in [0.15, 0.2) is 79.6 Å². The van der Waals surface area contributed by atoms with Gasteiger partial charge in [-0.3, -0.25) is 43.3 Å². The zero-order valence-electron chi connectivity index (χ0n) is 59.1. The van der Waals surface area contributed by atoms with Crippen LogP contribution < -0.4 is 42.5 Å². The number of phenols is 1. The monoisotopic (exact) mass is 1390 g/mol. The lowest BCUT2D eigenvalue weighted by molar-refractivity contribution is -0.145. The summed E-state index contributed by atoms with van der Waals surface area (Å²) in [6.45, 7) is 18.0. The minimum Gasteiger partial charge on any atom is -0.508 e. The molecule has 10 atom stereocenters. The Hall–Kier alpha value is -9.61. The summed E-state index contributed by atoms with van der Waals surface area (Å²) in [4.78, 5) is 171. The highest BCUT2D eigenvalue weighted by Crippen LogP contribution is 2.25. The van der Waals surface area contributed by atoms with Gasteiger partial charge in [-0.1, -0.05) is 70.2 Å². The summed E-state index contributed by atoms with van der Waals surface area (Å²) in [5.41, 5.74) is 0.574. The second-order valence-corrected chi connectivity index (χ2v) is 28.2. The third-order valence-corrected chi connectivity index (χ3v) is 16.7. The predicted molar refractivity (Wildman–Crippen MR) is 366 cm³/mol. The molecule has 4 heterocycles. The van der Waals surface area contributed by atoms with Gasteiger partial charge in [-0.25, -0.2) is 24.4 Å². The number of amides is 10. The van der Waals surface area contributed by atoms with Crippen LogP contribution in [0.4, 0.5) is 9.59 Å². The largest absolute Gasteiger partial charge is 0.508 e. The van der Waals surface area contributed by atoms with E-state index in [1.165, 1.54) is 47.0 Å². The van der Waals surface area contributed by atoms with E-state index in [1.54, 1.807) is 97.9 Å². The number of imidazole rings is 2. The number of aromatic amines is 2. The fraction of sp³-hybridized carbons (Fsp3) is 0.586. The van der Waals surface area contributed by atoms with Crippen LogP contribution in [0.1, 0.15) is 150 Å². The van der Waals surface area contributed by atoms with Crippen molar-refractivity contribution in [3.8, 4) is 5.75 Å². The molecular formula is C70H102N14O16. The number of aliphatic hydroxyl groups is 1. The van der Waals surface area contributed by atoms with E-state index >= 15 is 0 Å². The molecule has 2 aliphatic heterocycles. The number of aromatic hydroxyl groups is 1. The van der Waals surface area contributed by atoms with Gasteiger partial charge in [-0.2, -0.15) is 0 Å². The number of rotatable bonds is 34. The maximum Gasteiger partial charge on any atom is 0.410 e. The molecule has 2 aromatic carbocycles. The number of phenolic OH excluding ortho intramolecular Hbond substituents is 1. The molecule has 0 spiro atoms. The SMILES string of the molecule is COC(=O)[C@H](CCCCNC(=O)OC(C)(C)C)NC(=O)[C@H](Cc1ccc(O)cc1)NC(=O)[C@@H](NC(=O)C[C@H](O)[C@H](CC(C)C)NC(=O)[C@H](Cc1cnc[nH]1)NC(=O)[C@H](Cc1ccccc1)NC(=O)[C@@H]1CCCN1C(=O)[C@H](Cc1cnc[nH]1)NC(=O)[C@@H]1CCCN1C(=O)OC(C)(C)C)C(C)C. The molecule has 0 aliphatic carbocycles. The number of alkyl carbamates (subject to hydrolysis) is 1. The molecule has 4 aromatic rings. The molecule has 100 heavy (non-hydrogen) atoms. The summed E-state index contributed by atoms with van der Waals surface area (Å²) >= 11 is 0. The first-order chi connectivity index (χ1) is 47.3. The summed E-state index contributed by atoms with van der Waals surface area (Å²) in [5.74, 6) is -7.33. The molecule has 0 unspecified atom stereocenters. The van der Waals surface area contributed by atoms with Gasteiger partial charge in [0, 0.05) is 69.1 Å². The van der Waals surface area contributed by atoms with Gasteiger partial charge in [0.1, 0.15) is 65.3 Å². The number of unbranched alkanes of at least 4 members (excludes halogenated alkanes) is 1. The number of nitrogens with zero attached hydrogens (tertiary/aromatic N) is 4. The highest BCUT2D eigenvalue weighted by Gasteiger charge is 2.43. The lowest BCUT2D eigenvalue weighted by Gasteiger charge is -2.32. The van der Waals surface area contributed by atoms with Gasteiger partial charge in [0.05, 0.1) is 38.3 Å². The van der Waals surface area contributed by atoms with E-state index in [0.717, 1.165) is 7.11 Å². The molecule has 2 aliphatic rings. The molecule has 10 amide bonds. The number of esters is 1. The van der Waals surface area contributed by atoms with Crippen LogP contribution in [0, 0.1) is 11.8 Å². The van der Waals surface area contributed by atoms with Crippen molar-refractivity contribution < 1.29 is 77.2 Å². The number of H-pyrrole nitrogens is 2. The van der Waals surface area contributed by atoms with E-state index in [0.29, 0.717) is 54.6 Å². The highest BCUT2D eigenvalue weighted by molar-refractivity contribution is 5.97. The summed E-state index contributed by atoms with van der Waals surface area (Å²) in [5, 5.41) is 44.1. The Morgan fingerprint density at radius 3 is 1.66 bits per heavy atom. The van der Waals surface area contributed by atoms with Crippen LogP contribution in [0.25, 0.3) is 0 Å². The van der Waals surface area contributed by atoms with Gasteiger partial charge in [0.15, 0.2) is 0 Å². The highest BCUT2D eigenvalue weighted by atomic mass is 16.6. The Labute approximate surface area is 583 Å². The van der Waals surface area contributed by atoms with E-state index in [4.69, 9.17) is 14.2 Å². The topological polar surface area (TPSA) is 416 Å². The molecule has 6 rings (SSSR count). The van der Waals surface area contributed by atoms with Crippen LogP contribution in [-0.4, -0.2) is 204 Å². The fourth-order valence-electron chi connectivity index (χ4n) is 11.8. The van der Waals surface area contributed by atoms with E-state index in [-0.39, 0.29) is 76.2 Å². The molecule has 2 saturated heterocycles. The van der Waals surface area contributed by atoms with Gasteiger partial charge in [0.25, 0.3) is 0 Å². The number of likely N-dealkylation sites (tertiary alicyclic amines) is 2. The minimum atomic E-state index is -1.58. The Bertz CT molecular complexity index is 3360. The van der Waals surface area contributed by atoms with Crippen molar-refractivity contribution in [3.05, 3.63) is 102 Å². The molecule has 12 N–H and O–H groups in total. The van der Waals surface area contributed by atoms with Gasteiger partial charge in [-0.15, -0.1) is 0 Å². The molecule has 2 fully saturated rings. The second kappa shape index (κ2) is 37.5. The summed E-state index contributed by atoms with van der Waals surface area (Å²) < 4.78 is 15.9. The Balaban J connectivity index is 1.16. The Kier molecular flexibility index (Phi) is 29.8. The number of carbonyl (C=O) groups excluding carboxylic acids is 11. The smallest absolute Gasteiger partial charge is 0.410 e. The van der Waals surface area contributed by atoms with Gasteiger partial charge >= 0.3 is 18.2 Å². The van der Waals surface area contributed by atoms with E-state index in [1.807, 2.05) is 13.8 Å². The van der Waals surface area contributed by atoms with Crippen molar-refractivity contribution in [2.24, 2.45) is 11.8 Å². The number of aliphatic hydroxyl groups excluding tert-OH is 1. The Morgan fingerprint density at radius 2 is 1.11 bits per heavy atom. The van der Waals surface area contributed by atoms with Crippen molar-refractivity contribution in [1.82, 2.24) is 72.3 Å². The molecule has 0 bridgehead atoms. The van der Waals surface area contributed by atoms with E-state index in [2.05, 4.69) is 62.5 Å². The maximum absolute atomic E-state index is 14.9. The Morgan fingerprint density at radius 1 is 0.600 bits per heavy atom. The zero-order valence-corrected chi connectivity index (χ0v) is 59.1. The van der Waals surface area contributed by atoms with Crippen LogP contribution >= 0.6 is 0 Å². The molecule has 2 aromatic heterocycles. The normalized spacial score (nSPS) is 17.1. The predicted octanol–water partition coefficient (Wildman–Crippen LogP) is 3.21. The van der Waals surface area contributed by atoms with Gasteiger partial charge in [-0.05, 0) is 128 Å². The maximum atomic E-state index is 14.9. The number of hydrogen-bond acceptors (Lipinski definition) is 18. The molecule has 0 radical (unpaired) electrons. The summed E-state index contributed by atoms with van der Waals surface area (Å²) in [7, 11) is 1.16. The van der Waals surface area contributed by atoms with Crippen molar-refractivity contribution in [2.75, 3.05) is 26.7 Å². The third kappa shape index (κ3) is 25.6. The van der Waals surface area contributed by atoms with Crippen molar-refractivity contribution >= 4 is 65.4 Å². The number of benzene rings is 2. The minimum absolute atomic E-state index is 0.0343. The number of nitrogens with one attached hydrogen (secondary N) is 10. The van der Waals surface area contributed by atoms with Crippen molar-refractivity contribution in [3.63, 3.8) is 0 Å². The summed E-state index contributed by atoms with van der Waals surface area (Å²) in [6, 6.07) is 3.82. The second-order valence-electron chi connectivity index (χ2n) is 28.2. The first-order valence-electron chi connectivity index (χ1n) is 34.2. The van der Waals surface area contributed by atoms with E-state index < -0.39 is 149 Å². The average Bonchev–Trinajstić information content (AvgIpc) is 1.57. The lowest BCUT2D eigenvalue weighted by atomic mass is 9.95. The van der Waals surface area contributed by atoms with Crippen LogP contribution in [0.2, 0.25) is 0 Å². The first kappa shape index (κ1) is 79.4.